The molecule has 0 fully saturated rings. The summed E-state index contributed by atoms with van der Waals surface area (Å²) in [6.45, 7) is 5.42. The Morgan fingerprint density at radius 2 is 2.10 bits per heavy atom. The van der Waals surface area contributed by atoms with E-state index in [0.717, 1.165) is 4.31 Å². The number of esters is 1. The number of aromatic nitrogens is 2. The zero-order valence-corrected chi connectivity index (χ0v) is 13.1. The topological polar surface area (TPSA) is 81.5 Å². The van der Waals surface area contributed by atoms with Crippen LogP contribution in [0.1, 0.15) is 26.1 Å². The minimum absolute atomic E-state index is 0.0461. The van der Waals surface area contributed by atoms with Crippen LogP contribution in [0.25, 0.3) is 0 Å². The molecular weight excluding hydrogens is 282 g/mol. The predicted octanol–water partition coefficient (Wildman–Crippen LogP) is 0.692. The van der Waals surface area contributed by atoms with Crippen LogP contribution in [0.2, 0.25) is 0 Å². The van der Waals surface area contributed by atoms with Gasteiger partial charge in [-0.1, -0.05) is 6.92 Å². The molecule has 8 heteroatoms. The first-order valence-corrected chi connectivity index (χ1v) is 7.92. The average Bonchev–Trinajstić information content (AvgIpc) is 2.70. The zero-order chi connectivity index (χ0) is 15.3. The van der Waals surface area contributed by atoms with Gasteiger partial charge in [-0.3, -0.25) is 4.79 Å². The summed E-state index contributed by atoms with van der Waals surface area (Å²) in [6.07, 6.45) is 2.04. The highest BCUT2D eigenvalue weighted by Crippen LogP contribution is 2.15. The number of nitrogens with zero attached hydrogens (tertiary/aromatic N) is 3. The lowest BCUT2D eigenvalue weighted by Gasteiger charge is -2.19. The van der Waals surface area contributed by atoms with Gasteiger partial charge in [0.05, 0.1) is 6.61 Å². The molecule has 0 unspecified atom stereocenters. The minimum atomic E-state index is -3.78. The molecule has 1 rings (SSSR count). The smallest absolute Gasteiger partial charge is 0.321 e. The van der Waals surface area contributed by atoms with Crippen molar-refractivity contribution in [2.45, 2.75) is 32.2 Å². The highest BCUT2D eigenvalue weighted by Gasteiger charge is 2.29. The molecule has 0 amide bonds. The second-order valence-corrected chi connectivity index (χ2v) is 6.27. The third kappa shape index (κ3) is 3.80. The number of carbonyl (C=O) groups excluding carboxylic acids is 1. The van der Waals surface area contributed by atoms with Crippen molar-refractivity contribution in [3.8, 4) is 0 Å². The van der Waals surface area contributed by atoms with Crippen molar-refractivity contribution in [1.82, 2.24) is 13.9 Å². The predicted molar refractivity (Wildman–Crippen MR) is 73.6 cm³/mol. The first kappa shape index (κ1) is 16.6. The maximum absolute atomic E-state index is 12.5. The molecule has 0 saturated heterocycles. The lowest BCUT2D eigenvalue weighted by molar-refractivity contribution is -0.143. The second kappa shape index (κ2) is 6.85. The number of carbonyl (C=O) groups is 1. The monoisotopic (exact) mass is 303 g/mol. The summed E-state index contributed by atoms with van der Waals surface area (Å²) in [4.78, 5) is 15.5. The van der Waals surface area contributed by atoms with Crippen LogP contribution in [-0.2, 0) is 26.6 Å². The van der Waals surface area contributed by atoms with Crippen molar-refractivity contribution in [2.24, 2.45) is 7.05 Å². The summed E-state index contributed by atoms with van der Waals surface area (Å²) in [5, 5.41) is -0.0461. The van der Waals surface area contributed by atoms with Crippen LogP contribution in [-0.4, -0.2) is 47.9 Å². The molecule has 0 N–H and O–H groups in total. The van der Waals surface area contributed by atoms with E-state index < -0.39 is 16.0 Å². The van der Waals surface area contributed by atoms with Crippen LogP contribution in [0.5, 0.6) is 0 Å². The summed E-state index contributed by atoms with van der Waals surface area (Å²) in [5.41, 5.74) is 0. The van der Waals surface area contributed by atoms with Gasteiger partial charge < -0.3 is 9.30 Å². The van der Waals surface area contributed by atoms with Crippen molar-refractivity contribution >= 4 is 16.0 Å². The van der Waals surface area contributed by atoms with Crippen LogP contribution in [0.3, 0.4) is 0 Å². The lowest BCUT2D eigenvalue weighted by atomic mass is 10.5. The molecule has 0 aliphatic carbocycles. The van der Waals surface area contributed by atoms with Gasteiger partial charge in [-0.05, 0) is 20.3 Å². The van der Waals surface area contributed by atoms with E-state index in [1.54, 1.807) is 25.5 Å². The quantitative estimate of drug-likeness (QED) is 0.692. The second-order valence-electron chi connectivity index (χ2n) is 4.38. The fourth-order valence-electron chi connectivity index (χ4n) is 1.67. The summed E-state index contributed by atoms with van der Waals surface area (Å²) in [5.74, 6) is 0.0355. The summed E-state index contributed by atoms with van der Waals surface area (Å²) in [7, 11) is -2.06. The van der Waals surface area contributed by atoms with Gasteiger partial charge in [0.1, 0.15) is 12.4 Å². The van der Waals surface area contributed by atoms with Crippen LogP contribution in [0, 0.1) is 6.92 Å². The summed E-state index contributed by atoms with van der Waals surface area (Å²) in [6, 6.07) is 0. The van der Waals surface area contributed by atoms with E-state index in [4.69, 9.17) is 4.74 Å². The fraction of sp³-hybridized carbons (Fsp3) is 0.667. The summed E-state index contributed by atoms with van der Waals surface area (Å²) < 4.78 is 32.5. The molecule has 0 aromatic carbocycles. The lowest BCUT2D eigenvalue weighted by Crippen LogP contribution is -2.37. The first-order chi connectivity index (χ1) is 9.32. The van der Waals surface area contributed by atoms with Gasteiger partial charge in [-0.2, -0.15) is 4.31 Å². The zero-order valence-electron chi connectivity index (χ0n) is 12.3. The molecule has 1 heterocycles. The Labute approximate surface area is 119 Å². The molecular formula is C12H21N3O4S. The maximum Gasteiger partial charge on any atom is 0.321 e. The first-order valence-electron chi connectivity index (χ1n) is 6.48. The molecule has 114 valence electrons. The average molecular weight is 303 g/mol. The van der Waals surface area contributed by atoms with E-state index in [0.29, 0.717) is 12.2 Å². The molecule has 0 spiro atoms. The number of aryl methyl sites for hydroxylation is 2. The minimum Gasteiger partial charge on any atom is -0.465 e. The van der Waals surface area contributed by atoms with E-state index >= 15 is 0 Å². The maximum atomic E-state index is 12.5. The van der Waals surface area contributed by atoms with Gasteiger partial charge in [0.2, 0.25) is 0 Å². The number of imidazole rings is 1. The largest absolute Gasteiger partial charge is 0.465 e. The van der Waals surface area contributed by atoms with E-state index in [-0.39, 0.29) is 24.7 Å². The molecule has 0 aliphatic heterocycles. The molecule has 0 bridgehead atoms. The van der Waals surface area contributed by atoms with E-state index in [9.17, 15) is 13.2 Å². The van der Waals surface area contributed by atoms with Crippen LogP contribution in [0.4, 0.5) is 0 Å². The fourth-order valence-corrected chi connectivity index (χ4v) is 3.17. The van der Waals surface area contributed by atoms with E-state index in [1.165, 1.54) is 6.20 Å². The van der Waals surface area contributed by atoms with Gasteiger partial charge in [-0.25, -0.2) is 13.4 Å². The van der Waals surface area contributed by atoms with Crippen LogP contribution >= 0.6 is 0 Å². The Balaban J connectivity index is 3.02. The van der Waals surface area contributed by atoms with Crippen molar-refractivity contribution < 1.29 is 17.9 Å². The van der Waals surface area contributed by atoms with Gasteiger partial charge in [0, 0.05) is 19.8 Å². The van der Waals surface area contributed by atoms with Crippen molar-refractivity contribution in [2.75, 3.05) is 19.7 Å². The van der Waals surface area contributed by atoms with E-state index in [2.05, 4.69) is 4.98 Å². The SMILES string of the molecule is CCCN(CC(=O)OCC)S(=O)(=O)c1cn(C)c(C)n1. The molecule has 0 radical (unpaired) electrons. The molecule has 0 atom stereocenters. The number of hydrogen-bond acceptors (Lipinski definition) is 5. The molecule has 1 aromatic rings. The van der Waals surface area contributed by atoms with Crippen molar-refractivity contribution in [1.29, 1.82) is 0 Å². The molecule has 0 aliphatic rings. The Morgan fingerprint density at radius 3 is 2.55 bits per heavy atom. The van der Waals surface area contributed by atoms with Gasteiger partial charge >= 0.3 is 5.97 Å². The molecule has 0 saturated carbocycles. The standard InChI is InChI=1S/C12H21N3O4S/c1-5-7-15(9-12(16)19-6-2)20(17,18)11-8-14(4)10(3)13-11/h8H,5-7,9H2,1-4H3. The number of sulfonamides is 1. The molecule has 1 aromatic heterocycles. The van der Waals surface area contributed by atoms with Gasteiger partial charge in [0.15, 0.2) is 5.03 Å². The van der Waals surface area contributed by atoms with E-state index in [1.807, 2.05) is 6.92 Å². The Kier molecular flexibility index (Phi) is 5.70. The molecule has 20 heavy (non-hydrogen) atoms. The number of rotatable bonds is 7. The van der Waals surface area contributed by atoms with Gasteiger partial charge in [0.25, 0.3) is 10.0 Å². The van der Waals surface area contributed by atoms with Crippen molar-refractivity contribution in [3.63, 3.8) is 0 Å². The third-order valence-corrected chi connectivity index (χ3v) is 4.49. The highest BCUT2D eigenvalue weighted by molar-refractivity contribution is 7.89. The Morgan fingerprint density at radius 1 is 1.45 bits per heavy atom. The summed E-state index contributed by atoms with van der Waals surface area (Å²) >= 11 is 0. The number of ether oxygens (including phenoxy) is 1. The highest BCUT2D eigenvalue weighted by atomic mass is 32.2. The number of hydrogen-bond donors (Lipinski definition) is 0. The third-order valence-electron chi connectivity index (χ3n) is 2.77. The van der Waals surface area contributed by atoms with Crippen LogP contribution in [0.15, 0.2) is 11.2 Å². The van der Waals surface area contributed by atoms with Crippen LogP contribution < -0.4 is 0 Å². The Hall–Kier alpha value is -1.41. The Bertz CT molecular complexity index is 546. The normalized spacial score (nSPS) is 11.8. The van der Waals surface area contributed by atoms with Crippen molar-refractivity contribution in [3.05, 3.63) is 12.0 Å². The molecule has 7 nitrogen and oxygen atoms in total. The van der Waals surface area contributed by atoms with Gasteiger partial charge in [-0.15, -0.1) is 0 Å².